The average molecular weight is 198 g/mol. The average Bonchev–Trinajstić information content (AvgIpc) is 2.21. The summed E-state index contributed by atoms with van der Waals surface area (Å²) in [6.07, 6.45) is 0. The van der Waals surface area contributed by atoms with Crippen LogP contribution in [0.5, 0.6) is 0 Å². The molecule has 0 unspecified atom stereocenters. The number of benzene rings is 1. The molecule has 0 spiro atoms. The molecule has 1 aromatic rings. The lowest BCUT2D eigenvalue weighted by Crippen LogP contribution is -2.42. The Bertz CT molecular complexity index is 291. The first-order valence-electron chi connectivity index (χ1n) is 4.67. The molecule has 2 rings (SSSR count). The van der Waals surface area contributed by atoms with Gasteiger partial charge in [0.2, 0.25) is 0 Å². The zero-order valence-corrected chi connectivity index (χ0v) is 7.79. The third kappa shape index (κ3) is 2.01. The van der Waals surface area contributed by atoms with Gasteiger partial charge in [0, 0.05) is 31.9 Å². The Morgan fingerprint density at radius 3 is 2.07 bits per heavy atom. The Labute approximate surface area is 81.7 Å². The molecule has 1 aliphatic rings. The summed E-state index contributed by atoms with van der Waals surface area (Å²) < 4.78 is 25.3. The molecule has 1 aliphatic heterocycles. The van der Waals surface area contributed by atoms with Crippen molar-refractivity contribution in [2.24, 2.45) is 0 Å². The van der Waals surface area contributed by atoms with Crippen LogP contribution in [0.15, 0.2) is 24.3 Å². The minimum atomic E-state index is -0.238. The van der Waals surface area contributed by atoms with E-state index in [1.165, 1.54) is 12.1 Å². The summed E-state index contributed by atoms with van der Waals surface area (Å²) in [5.74, 6) is -0.238. The molecular weight excluding hydrogens is 186 g/mol. The van der Waals surface area contributed by atoms with Crippen LogP contribution in [0.1, 0.15) is 0 Å². The maximum Gasteiger partial charge on any atom is 0.123 e. The van der Waals surface area contributed by atoms with Crippen molar-refractivity contribution in [3.8, 4) is 0 Å². The molecule has 0 bridgehead atoms. The topological polar surface area (TPSA) is 6.48 Å². The second-order valence-electron chi connectivity index (χ2n) is 3.37. The quantitative estimate of drug-likeness (QED) is 0.635. The molecule has 0 amide bonds. The highest BCUT2D eigenvalue weighted by Gasteiger charge is 2.16. The fourth-order valence-corrected chi connectivity index (χ4v) is 1.59. The molecule has 0 atom stereocenters. The van der Waals surface area contributed by atoms with Crippen LogP contribution in [0.4, 0.5) is 14.6 Å². The Hall–Kier alpha value is -1.16. The second-order valence-corrected chi connectivity index (χ2v) is 3.37. The molecule has 0 saturated carbocycles. The van der Waals surface area contributed by atoms with Gasteiger partial charge in [-0.1, -0.05) is 0 Å². The third-order valence-electron chi connectivity index (χ3n) is 2.42. The van der Waals surface area contributed by atoms with Crippen molar-refractivity contribution in [3.05, 3.63) is 30.1 Å². The number of anilines is 1. The van der Waals surface area contributed by atoms with Crippen molar-refractivity contribution >= 4 is 5.69 Å². The highest BCUT2D eigenvalue weighted by atomic mass is 19.2. The summed E-state index contributed by atoms with van der Waals surface area (Å²) in [7, 11) is 0. The fraction of sp³-hybridized carbons (Fsp3) is 0.400. The molecule has 2 nitrogen and oxygen atoms in total. The van der Waals surface area contributed by atoms with E-state index in [0.717, 1.165) is 10.8 Å². The smallest absolute Gasteiger partial charge is 0.123 e. The van der Waals surface area contributed by atoms with Crippen LogP contribution in [0.2, 0.25) is 0 Å². The van der Waals surface area contributed by atoms with Crippen molar-refractivity contribution in [2.75, 3.05) is 31.1 Å². The molecule has 4 heteroatoms. The van der Waals surface area contributed by atoms with Crippen molar-refractivity contribution in [3.63, 3.8) is 0 Å². The molecule has 1 fully saturated rings. The molecule has 14 heavy (non-hydrogen) atoms. The van der Waals surface area contributed by atoms with E-state index in [1.54, 1.807) is 12.1 Å². The number of hydrogen-bond acceptors (Lipinski definition) is 2. The van der Waals surface area contributed by atoms with E-state index in [4.69, 9.17) is 0 Å². The van der Waals surface area contributed by atoms with Crippen molar-refractivity contribution in [1.29, 1.82) is 0 Å². The maximum absolute atomic E-state index is 12.7. The Kier molecular flexibility index (Phi) is 2.63. The van der Waals surface area contributed by atoms with E-state index >= 15 is 0 Å². The Morgan fingerprint density at radius 1 is 0.929 bits per heavy atom. The highest BCUT2D eigenvalue weighted by molar-refractivity contribution is 5.46. The lowest BCUT2D eigenvalue weighted by Gasteiger charge is -2.31. The van der Waals surface area contributed by atoms with Gasteiger partial charge in [-0.25, -0.2) is 4.39 Å². The molecule has 0 aromatic heterocycles. The fourth-order valence-electron chi connectivity index (χ4n) is 1.59. The standard InChI is InChI=1S/C10H12F2N2/c11-9-1-3-10(4-2-9)13-5-7-14(12)8-6-13/h1-4H,5-8H2. The van der Waals surface area contributed by atoms with Gasteiger partial charge in [-0.05, 0) is 24.3 Å². The maximum atomic E-state index is 12.7. The minimum absolute atomic E-state index is 0.238. The third-order valence-corrected chi connectivity index (χ3v) is 2.42. The predicted molar refractivity (Wildman–Crippen MR) is 51.3 cm³/mol. The molecule has 0 N–H and O–H groups in total. The lowest BCUT2D eigenvalue weighted by molar-refractivity contribution is 0.0200. The number of hydrogen-bond donors (Lipinski definition) is 0. The number of nitrogens with zero attached hydrogens (tertiary/aromatic N) is 2. The van der Waals surface area contributed by atoms with Crippen LogP contribution < -0.4 is 4.90 Å². The molecule has 0 aliphatic carbocycles. The lowest BCUT2D eigenvalue weighted by atomic mass is 10.2. The van der Waals surface area contributed by atoms with Gasteiger partial charge in [0.15, 0.2) is 0 Å². The van der Waals surface area contributed by atoms with Crippen LogP contribution >= 0.6 is 0 Å². The van der Waals surface area contributed by atoms with Gasteiger partial charge in [-0.2, -0.15) is 0 Å². The summed E-state index contributed by atoms with van der Waals surface area (Å²) in [5, 5.41) is 0.806. The minimum Gasteiger partial charge on any atom is -0.369 e. The van der Waals surface area contributed by atoms with E-state index in [1.807, 2.05) is 0 Å². The summed E-state index contributed by atoms with van der Waals surface area (Å²) >= 11 is 0. The summed E-state index contributed by atoms with van der Waals surface area (Å²) in [4.78, 5) is 2.05. The molecule has 1 heterocycles. The zero-order chi connectivity index (χ0) is 9.97. The molecule has 0 radical (unpaired) electrons. The largest absolute Gasteiger partial charge is 0.369 e. The predicted octanol–water partition coefficient (Wildman–Crippen LogP) is 1.83. The molecule has 76 valence electrons. The first-order valence-corrected chi connectivity index (χ1v) is 4.67. The van der Waals surface area contributed by atoms with Crippen LogP contribution in [-0.4, -0.2) is 31.3 Å². The van der Waals surface area contributed by atoms with E-state index in [-0.39, 0.29) is 5.82 Å². The molecular formula is C10H12F2N2. The summed E-state index contributed by atoms with van der Waals surface area (Å²) in [6.45, 7) is 2.14. The normalized spacial score (nSPS) is 18.6. The SMILES string of the molecule is Fc1ccc(N2CCN(F)CC2)cc1. The summed E-state index contributed by atoms with van der Waals surface area (Å²) in [5.41, 5.74) is 0.958. The highest BCUT2D eigenvalue weighted by Crippen LogP contribution is 2.16. The van der Waals surface area contributed by atoms with Crippen LogP contribution in [0.25, 0.3) is 0 Å². The Balaban J connectivity index is 2.05. The van der Waals surface area contributed by atoms with Crippen molar-refractivity contribution in [2.45, 2.75) is 0 Å². The van der Waals surface area contributed by atoms with Gasteiger partial charge in [0.25, 0.3) is 0 Å². The van der Waals surface area contributed by atoms with Crippen LogP contribution in [-0.2, 0) is 0 Å². The zero-order valence-electron chi connectivity index (χ0n) is 7.79. The van der Waals surface area contributed by atoms with Crippen molar-refractivity contribution < 1.29 is 8.87 Å². The second kappa shape index (κ2) is 3.92. The van der Waals surface area contributed by atoms with E-state index in [0.29, 0.717) is 26.2 Å². The summed E-state index contributed by atoms with van der Waals surface area (Å²) in [6, 6.07) is 6.31. The first-order chi connectivity index (χ1) is 6.75. The number of piperazine rings is 1. The van der Waals surface area contributed by atoms with Gasteiger partial charge in [-0.3, -0.25) is 0 Å². The van der Waals surface area contributed by atoms with Crippen LogP contribution in [0, 0.1) is 5.82 Å². The molecule has 1 saturated heterocycles. The van der Waals surface area contributed by atoms with Crippen molar-refractivity contribution in [1.82, 2.24) is 5.12 Å². The van der Waals surface area contributed by atoms with Gasteiger partial charge in [-0.15, -0.1) is 9.60 Å². The Morgan fingerprint density at radius 2 is 1.50 bits per heavy atom. The van der Waals surface area contributed by atoms with Gasteiger partial charge in [0.1, 0.15) is 5.82 Å². The van der Waals surface area contributed by atoms with Gasteiger partial charge in [0.05, 0.1) is 0 Å². The van der Waals surface area contributed by atoms with Gasteiger partial charge < -0.3 is 4.90 Å². The van der Waals surface area contributed by atoms with E-state index in [2.05, 4.69) is 4.90 Å². The van der Waals surface area contributed by atoms with Gasteiger partial charge >= 0.3 is 0 Å². The van der Waals surface area contributed by atoms with E-state index < -0.39 is 0 Å². The number of rotatable bonds is 1. The molecule has 1 aromatic carbocycles. The van der Waals surface area contributed by atoms with E-state index in [9.17, 15) is 8.87 Å². The number of halogens is 2. The van der Waals surface area contributed by atoms with Crippen LogP contribution in [0.3, 0.4) is 0 Å². The monoisotopic (exact) mass is 198 g/mol. The first kappa shape index (κ1) is 9.40.